The zero-order valence-electron chi connectivity index (χ0n) is 17.5. The summed E-state index contributed by atoms with van der Waals surface area (Å²) in [6.45, 7) is 7.96. The number of hydrogen-bond acceptors (Lipinski definition) is 5. The van der Waals surface area contributed by atoms with E-state index in [4.69, 9.17) is 9.47 Å². The lowest BCUT2D eigenvalue weighted by Crippen LogP contribution is -2.42. The van der Waals surface area contributed by atoms with E-state index < -0.39 is 5.60 Å². The van der Waals surface area contributed by atoms with Gasteiger partial charge in [-0.25, -0.2) is 0 Å². The first-order chi connectivity index (χ1) is 14.1. The van der Waals surface area contributed by atoms with Crippen LogP contribution in [0.4, 0.5) is 0 Å². The molecular weight excluding hydrogens is 382 g/mol. The number of nitrogens with zero attached hydrogens (tertiary/aromatic N) is 1. The Labute approximate surface area is 179 Å². The second-order valence-corrected chi connectivity index (χ2v) is 8.50. The molecule has 29 heavy (non-hydrogen) atoms. The molecule has 0 amide bonds. The first kappa shape index (κ1) is 22.3. The Morgan fingerprint density at radius 1 is 0.966 bits per heavy atom. The Morgan fingerprint density at radius 3 is 2.24 bits per heavy atom. The highest BCUT2D eigenvalue weighted by Crippen LogP contribution is 2.39. The molecule has 158 valence electrons. The second kappa shape index (κ2) is 11.1. The van der Waals surface area contributed by atoms with E-state index in [1.807, 2.05) is 26.0 Å². The van der Waals surface area contributed by atoms with Crippen molar-refractivity contribution < 1.29 is 14.6 Å². The van der Waals surface area contributed by atoms with Gasteiger partial charge in [0.15, 0.2) is 6.29 Å². The third-order valence-electron chi connectivity index (χ3n) is 5.40. The van der Waals surface area contributed by atoms with Gasteiger partial charge in [0, 0.05) is 43.5 Å². The highest BCUT2D eigenvalue weighted by molar-refractivity contribution is 7.99. The molecule has 0 radical (unpaired) electrons. The van der Waals surface area contributed by atoms with Gasteiger partial charge in [-0.05, 0) is 43.9 Å². The van der Waals surface area contributed by atoms with Crippen molar-refractivity contribution in [3.63, 3.8) is 0 Å². The molecule has 0 atom stereocenters. The Bertz CT molecular complexity index is 726. The van der Waals surface area contributed by atoms with E-state index in [1.54, 1.807) is 11.8 Å². The lowest BCUT2D eigenvalue weighted by atomic mass is 9.84. The molecule has 1 aliphatic rings. The summed E-state index contributed by atoms with van der Waals surface area (Å²) in [5.41, 5.74) is 1.59. The number of thioether (sulfide) groups is 1. The third kappa shape index (κ3) is 6.30. The summed E-state index contributed by atoms with van der Waals surface area (Å²) in [6, 6.07) is 18.8. The molecule has 0 spiro atoms. The van der Waals surface area contributed by atoms with Gasteiger partial charge in [0.25, 0.3) is 0 Å². The van der Waals surface area contributed by atoms with Crippen LogP contribution >= 0.6 is 11.8 Å². The van der Waals surface area contributed by atoms with Crippen molar-refractivity contribution in [2.45, 2.75) is 50.0 Å². The maximum absolute atomic E-state index is 11.5. The fourth-order valence-electron chi connectivity index (χ4n) is 3.84. The van der Waals surface area contributed by atoms with Crippen molar-refractivity contribution in [1.82, 2.24) is 4.90 Å². The van der Waals surface area contributed by atoms with Crippen LogP contribution in [0.2, 0.25) is 0 Å². The summed E-state index contributed by atoms with van der Waals surface area (Å²) in [7, 11) is 0. The molecule has 0 aliphatic carbocycles. The molecule has 0 bridgehead atoms. The Hall–Kier alpha value is -1.37. The van der Waals surface area contributed by atoms with E-state index in [0.29, 0.717) is 13.2 Å². The number of benzene rings is 2. The fraction of sp³-hybridized carbons (Fsp3) is 0.500. The van der Waals surface area contributed by atoms with Gasteiger partial charge in [-0.2, -0.15) is 0 Å². The summed E-state index contributed by atoms with van der Waals surface area (Å²) in [5, 5.41) is 11.5. The normalized spacial score (nSPS) is 17.0. The SMILES string of the molecule is CCOC(CSc1ccccc1C1(O)CCN(Cc2ccccc2)CC1)OCC. The first-order valence-corrected chi connectivity index (χ1v) is 11.6. The van der Waals surface area contributed by atoms with Gasteiger partial charge >= 0.3 is 0 Å². The zero-order chi connectivity index (χ0) is 20.5. The minimum absolute atomic E-state index is 0.217. The number of piperidine rings is 1. The molecule has 1 heterocycles. The van der Waals surface area contributed by atoms with Crippen LogP contribution in [0.15, 0.2) is 59.5 Å². The molecule has 1 aliphatic heterocycles. The Morgan fingerprint density at radius 2 is 1.59 bits per heavy atom. The van der Waals surface area contributed by atoms with E-state index in [-0.39, 0.29) is 6.29 Å². The summed E-state index contributed by atoms with van der Waals surface area (Å²) in [4.78, 5) is 3.55. The van der Waals surface area contributed by atoms with E-state index in [1.165, 1.54) is 5.56 Å². The van der Waals surface area contributed by atoms with Gasteiger partial charge in [-0.1, -0.05) is 48.5 Å². The molecule has 0 saturated carbocycles. The molecular formula is C24H33NO3S. The van der Waals surface area contributed by atoms with Crippen LogP contribution < -0.4 is 0 Å². The van der Waals surface area contributed by atoms with Crippen molar-refractivity contribution in [1.29, 1.82) is 0 Å². The van der Waals surface area contributed by atoms with Gasteiger partial charge in [0.2, 0.25) is 0 Å². The largest absolute Gasteiger partial charge is 0.385 e. The van der Waals surface area contributed by atoms with E-state index in [9.17, 15) is 5.11 Å². The van der Waals surface area contributed by atoms with Crippen molar-refractivity contribution in [2.24, 2.45) is 0 Å². The predicted octanol–water partition coefficient (Wildman–Crippen LogP) is 4.66. The maximum Gasteiger partial charge on any atom is 0.166 e. The maximum atomic E-state index is 11.5. The van der Waals surface area contributed by atoms with E-state index >= 15 is 0 Å². The third-order valence-corrected chi connectivity index (χ3v) is 6.51. The molecule has 1 saturated heterocycles. The van der Waals surface area contributed by atoms with E-state index in [0.717, 1.165) is 48.7 Å². The Kier molecular flexibility index (Phi) is 8.57. The van der Waals surface area contributed by atoms with Crippen molar-refractivity contribution >= 4 is 11.8 Å². The minimum atomic E-state index is -0.774. The number of aliphatic hydroxyl groups is 1. The van der Waals surface area contributed by atoms with Gasteiger partial charge in [0.05, 0.1) is 5.60 Å². The summed E-state index contributed by atoms with van der Waals surface area (Å²) in [5.74, 6) is 0.717. The summed E-state index contributed by atoms with van der Waals surface area (Å²) < 4.78 is 11.3. The molecule has 0 aromatic heterocycles. The lowest BCUT2D eigenvalue weighted by Gasteiger charge is -2.39. The molecule has 1 N–H and O–H groups in total. The molecule has 4 nitrogen and oxygen atoms in total. The van der Waals surface area contributed by atoms with Gasteiger partial charge < -0.3 is 14.6 Å². The minimum Gasteiger partial charge on any atom is -0.385 e. The molecule has 3 rings (SSSR count). The van der Waals surface area contributed by atoms with Crippen molar-refractivity contribution in [3.05, 3.63) is 65.7 Å². The van der Waals surface area contributed by atoms with E-state index in [2.05, 4.69) is 47.4 Å². The standard InChI is InChI=1S/C24H33NO3S/c1-3-27-23(28-4-2)19-29-22-13-9-8-12-21(22)24(26)14-16-25(17-15-24)18-20-10-6-5-7-11-20/h5-13,23,26H,3-4,14-19H2,1-2H3. The van der Waals surface area contributed by atoms with Crippen LogP contribution in [0, 0.1) is 0 Å². The van der Waals surface area contributed by atoms with Crippen LogP contribution in [0.1, 0.15) is 37.8 Å². The van der Waals surface area contributed by atoms with Crippen LogP contribution in [0.25, 0.3) is 0 Å². The quantitative estimate of drug-likeness (QED) is 0.451. The van der Waals surface area contributed by atoms with Crippen molar-refractivity contribution in [2.75, 3.05) is 32.1 Å². The second-order valence-electron chi connectivity index (χ2n) is 7.44. The smallest absolute Gasteiger partial charge is 0.166 e. The molecule has 2 aromatic rings. The number of hydrogen-bond donors (Lipinski definition) is 1. The summed E-state index contributed by atoms with van der Waals surface area (Å²) in [6.07, 6.45) is 1.28. The van der Waals surface area contributed by atoms with Crippen LogP contribution in [-0.2, 0) is 21.6 Å². The van der Waals surface area contributed by atoms with Gasteiger partial charge in [-0.3, -0.25) is 4.90 Å². The monoisotopic (exact) mass is 415 g/mol. The van der Waals surface area contributed by atoms with Crippen LogP contribution in [0.5, 0.6) is 0 Å². The first-order valence-electron chi connectivity index (χ1n) is 10.6. The summed E-state index contributed by atoms with van der Waals surface area (Å²) >= 11 is 1.71. The van der Waals surface area contributed by atoms with Crippen molar-refractivity contribution in [3.8, 4) is 0 Å². The predicted molar refractivity (Wildman–Crippen MR) is 119 cm³/mol. The van der Waals surface area contributed by atoms with Gasteiger partial charge in [0.1, 0.15) is 0 Å². The van der Waals surface area contributed by atoms with Gasteiger partial charge in [-0.15, -0.1) is 11.8 Å². The number of ether oxygens (including phenoxy) is 2. The molecule has 0 unspecified atom stereocenters. The Balaban J connectivity index is 1.63. The average Bonchev–Trinajstić information content (AvgIpc) is 2.75. The van der Waals surface area contributed by atoms with Crippen LogP contribution in [0.3, 0.4) is 0 Å². The average molecular weight is 416 g/mol. The lowest BCUT2D eigenvalue weighted by molar-refractivity contribution is -0.120. The number of rotatable bonds is 10. The number of likely N-dealkylation sites (tertiary alicyclic amines) is 1. The fourth-order valence-corrected chi connectivity index (χ4v) is 4.94. The highest BCUT2D eigenvalue weighted by atomic mass is 32.2. The molecule has 1 fully saturated rings. The highest BCUT2D eigenvalue weighted by Gasteiger charge is 2.35. The topological polar surface area (TPSA) is 41.9 Å². The molecule has 2 aromatic carbocycles. The zero-order valence-corrected chi connectivity index (χ0v) is 18.4. The molecule has 5 heteroatoms. The van der Waals surface area contributed by atoms with Crippen LogP contribution in [-0.4, -0.2) is 48.4 Å².